The molecule has 0 aliphatic carbocycles. The third-order valence-corrected chi connectivity index (χ3v) is 7.11. The van der Waals surface area contributed by atoms with Gasteiger partial charge >= 0.3 is 0 Å². The molecule has 2 heterocycles. The van der Waals surface area contributed by atoms with Gasteiger partial charge in [0.25, 0.3) is 5.91 Å². The van der Waals surface area contributed by atoms with Crippen molar-refractivity contribution in [3.63, 3.8) is 0 Å². The average molecular weight is 483 g/mol. The van der Waals surface area contributed by atoms with Crippen molar-refractivity contribution < 1.29 is 14.3 Å². The zero-order valence-electron chi connectivity index (χ0n) is 20.3. The Morgan fingerprint density at radius 1 is 1.11 bits per heavy atom. The first-order valence-corrected chi connectivity index (χ1v) is 12.3. The van der Waals surface area contributed by atoms with Crippen LogP contribution in [0.5, 0.6) is 5.75 Å². The molecule has 5 rings (SSSR count). The Bertz CT molecular complexity index is 1270. The average Bonchev–Trinajstić information content (AvgIpc) is 2.91. The predicted octanol–water partition coefficient (Wildman–Crippen LogP) is 4.50. The third-order valence-electron chi connectivity index (χ3n) is 7.11. The van der Waals surface area contributed by atoms with Gasteiger partial charge in [-0.15, -0.1) is 0 Å². The van der Waals surface area contributed by atoms with Crippen LogP contribution in [0.1, 0.15) is 59.3 Å². The van der Waals surface area contributed by atoms with Gasteiger partial charge < -0.3 is 15.4 Å². The summed E-state index contributed by atoms with van der Waals surface area (Å²) in [5.41, 5.74) is 2.70. The predicted molar refractivity (Wildman–Crippen MR) is 138 cm³/mol. The van der Waals surface area contributed by atoms with Gasteiger partial charge in [0.05, 0.1) is 31.2 Å². The van der Waals surface area contributed by atoms with Crippen LogP contribution in [0.3, 0.4) is 0 Å². The zero-order valence-corrected chi connectivity index (χ0v) is 20.3. The molecule has 0 spiro atoms. The van der Waals surface area contributed by atoms with Crippen LogP contribution in [-0.2, 0) is 16.9 Å². The van der Waals surface area contributed by atoms with Crippen molar-refractivity contribution in [1.82, 2.24) is 15.5 Å². The van der Waals surface area contributed by atoms with Crippen molar-refractivity contribution >= 4 is 17.8 Å². The molecule has 0 saturated carbocycles. The second-order valence-corrected chi connectivity index (χ2v) is 9.33. The summed E-state index contributed by atoms with van der Waals surface area (Å²) in [7, 11) is 0. The number of fused-ring (bicyclic) bond motifs is 1. The van der Waals surface area contributed by atoms with Gasteiger partial charge in [0.15, 0.2) is 5.96 Å². The number of benzene rings is 3. The van der Waals surface area contributed by atoms with Gasteiger partial charge in [-0.3, -0.25) is 19.9 Å². The number of carbonyl (C=O) groups is 2. The number of ether oxygens (including phenoxy) is 1. The Kier molecular flexibility index (Phi) is 6.46. The van der Waals surface area contributed by atoms with E-state index in [9.17, 15) is 9.59 Å². The van der Waals surface area contributed by atoms with Gasteiger partial charge in [-0.05, 0) is 35.7 Å². The van der Waals surface area contributed by atoms with E-state index in [4.69, 9.17) is 10.1 Å². The highest BCUT2D eigenvalue weighted by atomic mass is 16.5. The molecule has 0 bridgehead atoms. The molecule has 0 unspecified atom stereocenters. The maximum atomic E-state index is 13.2. The van der Waals surface area contributed by atoms with Crippen molar-refractivity contribution in [1.29, 1.82) is 5.41 Å². The Morgan fingerprint density at radius 2 is 1.89 bits per heavy atom. The molecule has 3 N–H and O–H groups in total. The highest BCUT2D eigenvalue weighted by molar-refractivity contribution is 5.99. The molecular formula is C29H30N4O3. The lowest BCUT2D eigenvalue weighted by Crippen LogP contribution is -2.60. The molecule has 3 aromatic rings. The Morgan fingerprint density at radius 3 is 2.67 bits per heavy atom. The number of amides is 2. The Hall–Kier alpha value is -4.13. The van der Waals surface area contributed by atoms with E-state index >= 15 is 0 Å². The summed E-state index contributed by atoms with van der Waals surface area (Å²) < 4.78 is 5.70. The van der Waals surface area contributed by atoms with E-state index < -0.39 is 5.54 Å². The maximum Gasteiger partial charge on any atom is 0.251 e. The summed E-state index contributed by atoms with van der Waals surface area (Å²) in [4.78, 5) is 27.7. The number of nitrogens with zero attached hydrogens (tertiary/aromatic N) is 1. The van der Waals surface area contributed by atoms with Crippen LogP contribution in [0.15, 0.2) is 78.9 Å². The van der Waals surface area contributed by atoms with E-state index in [-0.39, 0.29) is 36.8 Å². The van der Waals surface area contributed by atoms with Crippen molar-refractivity contribution in [2.45, 2.75) is 44.3 Å². The SMILES string of the molecule is CC[C@]1(c2ccccc2)CC(=O)N(Cc2cccc(C(=O)N[C@H]3CCOc4ccccc43)c2)C(=N)N1. The number of carbonyl (C=O) groups excluding carboxylic acids is 2. The standard InChI is InChI=1S/C29H30N4O3/c1-2-29(22-11-4-3-5-12-22)18-26(34)33(28(30)32-29)19-20-9-8-10-21(17-20)27(35)31-24-15-16-36-25-14-7-6-13-23(24)25/h3-14,17,24H,2,15-16,18-19H2,1H3,(H2,30,32)(H,31,35)/t24-,29+/m0/s1. The molecule has 36 heavy (non-hydrogen) atoms. The smallest absolute Gasteiger partial charge is 0.251 e. The number of nitrogens with one attached hydrogen (secondary N) is 3. The first-order valence-electron chi connectivity index (χ1n) is 12.3. The van der Waals surface area contributed by atoms with E-state index in [1.807, 2.05) is 73.7 Å². The fraction of sp³-hybridized carbons (Fsp3) is 0.276. The molecule has 1 fully saturated rings. The van der Waals surface area contributed by atoms with Gasteiger partial charge in [-0.1, -0.05) is 67.6 Å². The quantitative estimate of drug-likeness (QED) is 0.482. The lowest BCUT2D eigenvalue weighted by Gasteiger charge is -2.43. The number of hydrogen-bond acceptors (Lipinski definition) is 4. The topological polar surface area (TPSA) is 94.5 Å². The van der Waals surface area contributed by atoms with Crippen molar-refractivity contribution in [3.05, 3.63) is 101 Å². The van der Waals surface area contributed by atoms with Crippen molar-refractivity contribution in [3.8, 4) is 5.75 Å². The molecule has 2 amide bonds. The van der Waals surface area contributed by atoms with Gasteiger partial charge in [-0.25, -0.2) is 0 Å². The van der Waals surface area contributed by atoms with Crippen LogP contribution < -0.4 is 15.4 Å². The minimum Gasteiger partial charge on any atom is -0.493 e. The minimum absolute atomic E-state index is 0.0746. The summed E-state index contributed by atoms with van der Waals surface area (Å²) in [6.45, 7) is 2.80. The first kappa shape index (κ1) is 23.6. The van der Waals surface area contributed by atoms with Gasteiger partial charge in [0.1, 0.15) is 5.75 Å². The zero-order chi connectivity index (χ0) is 25.1. The number of guanidine groups is 1. The first-order chi connectivity index (χ1) is 17.5. The number of para-hydroxylation sites is 1. The summed E-state index contributed by atoms with van der Waals surface area (Å²) in [5, 5.41) is 15.0. The molecular weight excluding hydrogens is 452 g/mol. The number of rotatable bonds is 6. The highest BCUT2D eigenvalue weighted by Gasteiger charge is 2.41. The molecule has 0 radical (unpaired) electrons. The normalized spacial score (nSPS) is 21.2. The Balaban J connectivity index is 1.29. The molecule has 2 aliphatic rings. The molecule has 7 nitrogen and oxygen atoms in total. The third kappa shape index (κ3) is 4.56. The van der Waals surface area contributed by atoms with Crippen LogP contribution in [0, 0.1) is 5.41 Å². The van der Waals surface area contributed by atoms with E-state index in [0.717, 1.165) is 22.4 Å². The summed E-state index contributed by atoms with van der Waals surface area (Å²) in [6, 6.07) is 24.7. The van der Waals surface area contributed by atoms with Crippen molar-refractivity contribution in [2.24, 2.45) is 0 Å². The van der Waals surface area contributed by atoms with E-state index in [2.05, 4.69) is 10.6 Å². The highest BCUT2D eigenvalue weighted by Crippen LogP contribution is 2.34. The second kappa shape index (κ2) is 9.85. The second-order valence-electron chi connectivity index (χ2n) is 9.33. The molecule has 184 valence electrons. The van der Waals surface area contributed by atoms with Crippen LogP contribution >= 0.6 is 0 Å². The summed E-state index contributed by atoms with van der Waals surface area (Å²) >= 11 is 0. The van der Waals surface area contributed by atoms with Crippen LogP contribution in [0.4, 0.5) is 0 Å². The van der Waals surface area contributed by atoms with Gasteiger partial charge in [-0.2, -0.15) is 0 Å². The van der Waals surface area contributed by atoms with E-state index in [1.54, 1.807) is 12.1 Å². The lowest BCUT2D eigenvalue weighted by atomic mass is 9.82. The molecule has 0 aromatic heterocycles. The molecule has 7 heteroatoms. The summed E-state index contributed by atoms with van der Waals surface area (Å²) in [6.07, 6.45) is 1.65. The molecule has 3 aromatic carbocycles. The van der Waals surface area contributed by atoms with Gasteiger partial charge in [0.2, 0.25) is 5.91 Å². The van der Waals surface area contributed by atoms with E-state index in [1.165, 1.54) is 4.90 Å². The largest absolute Gasteiger partial charge is 0.493 e. The lowest BCUT2D eigenvalue weighted by molar-refractivity contribution is -0.131. The van der Waals surface area contributed by atoms with Crippen LogP contribution in [-0.4, -0.2) is 29.3 Å². The molecule has 2 aliphatic heterocycles. The molecule has 1 saturated heterocycles. The van der Waals surface area contributed by atoms with Crippen molar-refractivity contribution in [2.75, 3.05) is 6.61 Å². The minimum atomic E-state index is -0.590. The number of hydrogen-bond donors (Lipinski definition) is 3. The maximum absolute atomic E-state index is 13.2. The van der Waals surface area contributed by atoms with Gasteiger partial charge in [0, 0.05) is 17.5 Å². The fourth-order valence-electron chi connectivity index (χ4n) is 5.06. The van der Waals surface area contributed by atoms with E-state index in [0.29, 0.717) is 25.0 Å². The molecule has 2 atom stereocenters. The van der Waals surface area contributed by atoms with Crippen LogP contribution in [0.2, 0.25) is 0 Å². The van der Waals surface area contributed by atoms with Crippen LogP contribution in [0.25, 0.3) is 0 Å². The monoisotopic (exact) mass is 482 g/mol. The Labute approximate surface area is 211 Å². The summed E-state index contributed by atoms with van der Waals surface area (Å²) in [5.74, 6) is 0.589. The fourth-order valence-corrected chi connectivity index (χ4v) is 5.06.